The van der Waals surface area contributed by atoms with E-state index >= 15 is 0 Å². The molecular weight excluding hydrogens is 314 g/mol. The van der Waals surface area contributed by atoms with Gasteiger partial charge in [0.05, 0.1) is 12.2 Å². The fourth-order valence-corrected chi connectivity index (χ4v) is 3.27. The Morgan fingerprint density at radius 2 is 1.96 bits per heavy atom. The molecule has 0 radical (unpaired) electrons. The molecular formula is C20H35N3O2. The van der Waals surface area contributed by atoms with Crippen LogP contribution >= 0.6 is 0 Å². The van der Waals surface area contributed by atoms with Crippen LogP contribution in [0.3, 0.4) is 0 Å². The van der Waals surface area contributed by atoms with Gasteiger partial charge < -0.3 is 20.7 Å². The third kappa shape index (κ3) is 7.45. The Morgan fingerprint density at radius 3 is 2.48 bits per heavy atom. The van der Waals surface area contributed by atoms with Gasteiger partial charge in [0.2, 0.25) is 5.91 Å². The molecule has 0 aromatic heterocycles. The van der Waals surface area contributed by atoms with Crippen LogP contribution in [0.25, 0.3) is 0 Å². The van der Waals surface area contributed by atoms with Gasteiger partial charge in [-0.25, -0.2) is 0 Å². The Bertz CT molecular complexity index is 501. The lowest BCUT2D eigenvalue weighted by atomic mass is 10.1. The number of nitrogens with zero attached hydrogens (tertiary/aromatic N) is 1. The average Bonchev–Trinajstić information content (AvgIpc) is 2.54. The van der Waals surface area contributed by atoms with Gasteiger partial charge in [0.25, 0.3) is 0 Å². The second-order valence-electron chi connectivity index (χ2n) is 6.74. The molecule has 1 fully saturated rings. The zero-order valence-electron chi connectivity index (χ0n) is 16.3. The molecule has 1 aliphatic heterocycles. The molecule has 0 unspecified atom stereocenters. The van der Waals surface area contributed by atoms with Crippen molar-refractivity contribution in [3.63, 3.8) is 0 Å². The predicted molar refractivity (Wildman–Crippen MR) is 104 cm³/mol. The van der Waals surface area contributed by atoms with Crippen LogP contribution in [-0.4, -0.2) is 42.6 Å². The van der Waals surface area contributed by atoms with Gasteiger partial charge in [-0.1, -0.05) is 13.5 Å². The molecule has 3 N–H and O–H groups in total. The predicted octanol–water partition coefficient (Wildman–Crippen LogP) is 3.09. The minimum atomic E-state index is 0.0130. The summed E-state index contributed by atoms with van der Waals surface area (Å²) in [5, 5.41) is 2.94. The summed E-state index contributed by atoms with van der Waals surface area (Å²) < 4.78 is 5.83. The molecule has 5 nitrogen and oxygen atoms in total. The summed E-state index contributed by atoms with van der Waals surface area (Å²) in [4.78, 5) is 14.4. The number of amides is 1. The summed E-state index contributed by atoms with van der Waals surface area (Å²) in [7, 11) is 0. The first kappa shape index (κ1) is 21.5. The van der Waals surface area contributed by atoms with E-state index in [2.05, 4.69) is 44.5 Å². The van der Waals surface area contributed by atoms with Gasteiger partial charge in [0.15, 0.2) is 0 Å². The van der Waals surface area contributed by atoms with E-state index in [1.807, 2.05) is 6.08 Å². The number of rotatable bonds is 9. The molecule has 0 aromatic rings. The van der Waals surface area contributed by atoms with E-state index in [1.165, 1.54) is 5.70 Å². The number of hydrogen-bond acceptors (Lipinski definition) is 4. The van der Waals surface area contributed by atoms with E-state index in [0.717, 1.165) is 43.6 Å². The number of unbranched alkanes of at least 4 members (excludes halogenated alkanes) is 1. The summed E-state index contributed by atoms with van der Waals surface area (Å²) in [5.41, 5.74) is 8.66. The molecule has 0 saturated carbocycles. The summed E-state index contributed by atoms with van der Waals surface area (Å²) >= 11 is 0. The Morgan fingerprint density at radius 1 is 1.32 bits per heavy atom. The fourth-order valence-electron chi connectivity index (χ4n) is 3.27. The van der Waals surface area contributed by atoms with Crippen molar-refractivity contribution in [3.05, 3.63) is 35.7 Å². The fraction of sp³-hybridized carbons (Fsp3) is 0.650. The number of allylic oxidation sites excluding steroid dienone is 4. The highest BCUT2D eigenvalue weighted by Gasteiger charge is 2.23. The van der Waals surface area contributed by atoms with Crippen molar-refractivity contribution in [1.82, 2.24) is 10.2 Å². The number of ether oxygens (including phenoxy) is 1. The van der Waals surface area contributed by atoms with Gasteiger partial charge in [-0.05, 0) is 64.3 Å². The Hall–Kier alpha value is -1.59. The molecule has 5 heteroatoms. The largest absolute Gasteiger partial charge is 0.372 e. The van der Waals surface area contributed by atoms with Gasteiger partial charge in [-0.2, -0.15) is 0 Å². The molecule has 1 saturated heterocycles. The Kier molecular flexibility index (Phi) is 9.53. The first-order valence-corrected chi connectivity index (χ1v) is 9.35. The number of morpholine rings is 1. The summed E-state index contributed by atoms with van der Waals surface area (Å²) in [6.45, 7) is 14.7. The van der Waals surface area contributed by atoms with Crippen molar-refractivity contribution >= 4 is 5.91 Å². The quantitative estimate of drug-likeness (QED) is 0.496. The lowest BCUT2D eigenvalue weighted by Crippen LogP contribution is -2.45. The van der Waals surface area contributed by atoms with Crippen LogP contribution in [0, 0.1) is 0 Å². The van der Waals surface area contributed by atoms with Crippen molar-refractivity contribution < 1.29 is 9.53 Å². The molecule has 1 aliphatic rings. The maximum atomic E-state index is 12.0. The molecule has 1 rings (SSSR count). The minimum absolute atomic E-state index is 0.0130. The van der Waals surface area contributed by atoms with Crippen molar-refractivity contribution in [3.8, 4) is 0 Å². The van der Waals surface area contributed by atoms with Crippen molar-refractivity contribution in [2.45, 2.75) is 65.6 Å². The normalized spacial score (nSPS) is 22.4. The average molecular weight is 350 g/mol. The lowest BCUT2D eigenvalue weighted by molar-refractivity contribution is -0.120. The first-order chi connectivity index (χ1) is 11.9. The number of carbonyl (C=O) groups excluding carboxylic acids is 1. The summed E-state index contributed by atoms with van der Waals surface area (Å²) in [5.74, 6) is 0.0130. The Balaban J connectivity index is 2.84. The summed E-state index contributed by atoms with van der Waals surface area (Å²) in [6.07, 6.45) is 7.27. The van der Waals surface area contributed by atoms with Gasteiger partial charge in [0.1, 0.15) is 0 Å². The topological polar surface area (TPSA) is 67.6 Å². The molecule has 0 aliphatic carbocycles. The molecule has 1 heterocycles. The summed E-state index contributed by atoms with van der Waals surface area (Å²) in [6, 6.07) is 0. The zero-order valence-corrected chi connectivity index (χ0v) is 16.3. The molecule has 25 heavy (non-hydrogen) atoms. The maximum absolute atomic E-state index is 12.0. The van der Waals surface area contributed by atoms with Gasteiger partial charge in [-0.3, -0.25) is 4.79 Å². The van der Waals surface area contributed by atoms with E-state index in [4.69, 9.17) is 10.5 Å². The van der Waals surface area contributed by atoms with Crippen LogP contribution < -0.4 is 11.1 Å². The second-order valence-corrected chi connectivity index (χ2v) is 6.74. The second kappa shape index (κ2) is 11.1. The number of nitrogens with two attached hydrogens (primary N) is 1. The van der Waals surface area contributed by atoms with Crippen molar-refractivity contribution in [1.29, 1.82) is 0 Å². The Labute approximate surface area is 153 Å². The molecule has 1 amide bonds. The van der Waals surface area contributed by atoms with E-state index in [0.29, 0.717) is 13.0 Å². The van der Waals surface area contributed by atoms with Crippen LogP contribution in [0.15, 0.2) is 35.7 Å². The number of hydrogen-bond donors (Lipinski definition) is 2. The molecule has 0 spiro atoms. The molecule has 142 valence electrons. The van der Waals surface area contributed by atoms with E-state index in [1.54, 1.807) is 6.08 Å². The molecule has 0 bridgehead atoms. The van der Waals surface area contributed by atoms with Crippen molar-refractivity contribution in [2.75, 3.05) is 19.6 Å². The van der Waals surface area contributed by atoms with E-state index < -0.39 is 0 Å². The highest BCUT2D eigenvalue weighted by Crippen LogP contribution is 2.22. The third-order valence-electron chi connectivity index (χ3n) is 4.33. The first-order valence-electron chi connectivity index (χ1n) is 9.35. The SMILES string of the molecule is C=C/C(=C\C(C)=C(/CC)N1C[C@@H](C)O[C@@H](C)C1)NC(=O)CCCCN. The zero-order chi connectivity index (χ0) is 18.8. The minimum Gasteiger partial charge on any atom is -0.372 e. The van der Waals surface area contributed by atoms with Crippen LogP contribution in [0.2, 0.25) is 0 Å². The molecule has 2 atom stereocenters. The van der Waals surface area contributed by atoms with Crippen LogP contribution in [-0.2, 0) is 9.53 Å². The number of nitrogens with one attached hydrogen (secondary N) is 1. The number of carbonyl (C=O) groups is 1. The highest BCUT2D eigenvalue weighted by atomic mass is 16.5. The highest BCUT2D eigenvalue weighted by molar-refractivity contribution is 5.78. The van der Waals surface area contributed by atoms with E-state index in [9.17, 15) is 4.79 Å². The van der Waals surface area contributed by atoms with Gasteiger partial charge >= 0.3 is 0 Å². The third-order valence-corrected chi connectivity index (χ3v) is 4.33. The van der Waals surface area contributed by atoms with Crippen LogP contribution in [0.1, 0.15) is 53.4 Å². The monoisotopic (exact) mass is 349 g/mol. The van der Waals surface area contributed by atoms with Crippen LogP contribution in [0.5, 0.6) is 0 Å². The van der Waals surface area contributed by atoms with E-state index in [-0.39, 0.29) is 18.1 Å². The van der Waals surface area contributed by atoms with Gasteiger partial charge in [-0.15, -0.1) is 0 Å². The van der Waals surface area contributed by atoms with Crippen LogP contribution in [0.4, 0.5) is 0 Å². The lowest BCUT2D eigenvalue weighted by Gasteiger charge is -2.38. The standard InChI is InChI=1S/C20H35N3O2/c1-6-18(22-20(24)10-8-9-11-21)12-15(3)19(7-2)23-13-16(4)25-17(5)14-23/h6,12,16-17H,1,7-11,13-14,21H2,2-5H3,(H,22,24)/b18-12+,19-15+/t16-,17+. The maximum Gasteiger partial charge on any atom is 0.224 e. The smallest absolute Gasteiger partial charge is 0.224 e. The molecule has 0 aromatic carbocycles. The van der Waals surface area contributed by atoms with Crippen molar-refractivity contribution in [2.24, 2.45) is 5.73 Å². The van der Waals surface area contributed by atoms with Gasteiger partial charge in [0, 0.05) is 30.9 Å².